The fourth-order valence-electron chi connectivity index (χ4n) is 3.05. The molecule has 0 amide bonds. The molecule has 0 saturated carbocycles. The first kappa shape index (κ1) is 22.4. The lowest BCUT2D eigenvalue weighted by molar-refractivity contribution is -0.285. The van der Waals surface area contributed by atoms with Crippen LogP contribution in [0, 0.1) is 0 Å². The fraction of sp³-hybridized carbons (Fsp3) is 0.318. The van der Waals surface area contributed by atoms with Gasteiger partial charge in [-0.15, -0.1) is 0 Å². The minimum absolute atomic E-state index is 0.196. The lowest BCUT2D eigenvalue weighted by Crippen LogP contribution is -2.61. The van der Waals surface area contributed by atoms with Gasteiger partial charge in [-0.2, -0.15) is 0 Å². The summed E-state index contributed by atoms with van der Waals surface area (Å²) in [5.74, 6) is -2.21. The standard InChI is InChI=1S/C22H22O9/c1-13(23)28-12-16-18(30-20(25)14-8-4-2-5-9-14)17(24)19(22(27)29-16)31-21(26)15-10-6-3-7-11-15/h2-11,16-19,22,24,27H,12H2,1H3/t16-,17+,18+,19-,22-/m1/s1. The molecule has 5 atom stereocenters. The smallest absolute Gasteiger partial charge is 0.338 e. The molecule has 9 heteroatoms. The van der Waals surface area contributed by atoms with Crippen LogP contribution in [-0.2, 0) is 23.7 Å². The fourth-order valence-corrected chi connectivity index (χ4v) is 3.05. The van der Waals surface area contributed by atoms with Crippen molar-refractivity contribution in [3.63, 3.8) is 0 Å². The van der Waals surface area contributed by atoms with Crippen molar-refractivity contribution < 1.29 is 43.5 Å². The van der Waals surface area contributed by atoms with Gasteiger partial charge in [0.2, 0.25) is 0 Å². The molecule has 1 heterocycles. The highest BCUT2D eigenvalue weighted by molar-refractivity contribution is 5.90. The second kappa shape index (κ2) is 10.2. The monoisotopic (exact) mass is 430 g/mol. The van der Waals surface area contributed by atoms with Gasteiger partial charge in [0.15, 0.2) is 18.5 Å². The van der Waals surface area contributed by atoms with Crippen LogP contribution in [0.1, 0.15) is 27.6 Å². The van der Waals surface area contributed by atoms with E-state index in [1.54, 1.807) is 36.4 Å². The minimum Gasteiger partial charge on any atom is -0.463 e. The van der Waals surface area contributed by atoms with Crippen molar-refractivity contribution in [3.05, 3.63) is 71.8 Å². The Hall–Kier alpha value is -3.27. The van der Waals surface area contributed by atoms with Crippen LogP contribution in [0.4, 0.5) is 0 Å². The van der Waals surface area contributed by atoms with E-state index in [9.17, 15) is 24.6 Å². The molecule has 0 aliphatic carbocycles. The van der Waals surface area contributed by atoms with Gasteiger partial charge < -0.3 is 29.2 Å². The third kappa shape index (κ3) is 5.66. The Kier molecular flexibility index (Phi) is 7.35. The molecule has 0 unspecified atom stereocenters. The van der Waals surface area contributed by atoms with Gasteiger partial charge in [0.05, 0.1) is 11.1 Å². The van der Waals surface area contributed by atoms with Crippen molar-refractivity contribution in [1.82, 2.24) is 0 Å². The topological polar surface area (TPSA) is 129 Å². The summed E-state index contributed by atoms with van der Waals surface area (Å²) < 4.78 is 20.9. The molecule has 164 valence electrons. The molecule has 0 bridgehead atoms. The second-order valence-electron chi connectivity index (χ2n) is 6.83. The molecule has 9 nitrogen and oxygen atoms in total. The van der Waals surface area contributed by atoms with Gasteiger partial charge >= 0.3 is 17.9 Å². The van der Waals surface area contributed by atoms with E-state index < -0.39 is 55.2 Å². The molecule has 0 aromatic heterocycles. The zero-order chi connectivity index (χ0) is 22.4. The van der Waals surface area contributed by atoms with Gasteiger partial charge in [0, 0.05) is 6.92 Å². The van der Waals surface area contributed by atoms with Gasteiger partial charge in [-0.05, 0) is 24.3 Å². The number of ether oxygens (including phenoxy) is 4. The highest BCUT2D eigenvalue weighted by atomic mass is 16.7. The first-order valence-electron chi connectivity index (χ1n) is 9.54. The maximum Gasteiger partial charge on any atom is 0.338 e. The van der Waals surface area contributed by atoms with E-state index in [0.29, 0.717) is 0 Å². The van der Waals surface area contributed by atoms with Crippen LogP contribution in [0.2, 0.25) is 0 Å². The van der Waals surface area contributed by atoms with Crippen LogP contribution in [-0.4, -0.2) is 65.4 Å². The van der Waals surface area contributed by atoms with Gasteiger partial charge in [-0.1, -0.05) is 36.4 Å². The number of hydrogen-bond donors (Lipinski definition) is 2. The Labute approximate surface area is 178 Å². The Morgan fingerprint density at radius 1 is 0.839 bits per heavy atom. The quantitative estimate of drug-likeness (QED) is 0.511. The number of carbonyl (C=O) groups excluding carboxylic acids is 3. The molecule has 1 fully saturated rings. The number of carbonyl (C=O) groups is 3. The van der Waals surface area contributed by atoms with E-state index in [1.165, 1.54) is 31.2 Å². The molecule has 2 aromatic carbocycles. The maximum atomic E-state index is 12.5. The van der Waals surface area contributed by atoms with E-state index in [4.69, 9.17) is 18.9 Å². The molecular weight excluding hydrogens is 408 g/mol. The second-order valence-corrected chi connectivity index (χ2v) is 6.83. The molecule has 31 heavy (non-hydrogen) atoms. The molecule has 2 aromatic rings. The van der Waals surface area contributed by atoms with E-state index in [1.807, 2.05) is 0 Å². The summed E-state index contributed by atoms with van der Waals surface area (Å²) in [6.07, 6.45) is -7.51. The summed E-state index contributed by atoms with van der Waals surface area (Å²) in [6, 6.07) is 16.0. The zero-order valence-corrected chi connectivity index (χ0v) is 16.6. The van der Waals surface area contributed by atoms with Crippen molar-refractivity contribution in [1.29, 1.82) is 0 Å². The summed E-state index contributed by atoms with van der Waals surface area (Å²) in [5.41, 5.74) is 0.409. The lowest BCUT2D eigenvalue weighted by Gasteiger charge is -2.41. The van der Waals surface area contributed by atoms with Crippen molar-refractivity contribution in [2.24, 2.45) is 0 Å². The molecular formula is C22H22O9. The van der Waals surface area contributed by atoms with Crippen LogP contribution in [0.3, 0.4) is 0 Å². The van der Waals surface area contributed by atoms with Gasteiger partial charge in [-0.3, -0.25) is 4.79 Å². The van der Waals surface area contributed by atoms with E-state index in [2.05, 4.69) is 0 Å². The Balaban J connectivity index is 1.79. The Bertz CT molecular complexity index is 900. The van der Waals surface area contributed by atoms with Crippen molar-refractivity contribution in [2.75, 3.05) is 6.61 Å². The highest BCUT2D eigenvalue weighted by Gasteiger charge is 2.49. The van der Waals surface area contributed by atoms with Crippen molar-refractivity contribution >= 4 is 17.9 Å². The normalized spacial score (nSPS) is 25.3. The van der Waals surface area contributed by atoms with E-state index >= 15 is 0 Å². The number of rotatable bonds is 6. The number of aliphatic hydroxyl groups is 2. The third-order valence-corrected chi connectivity index (χ3v) is 4.59. The van der Waals surface area contributed by atoms with Crippen molar-refractivity contribution in [2.45, 2.75) is 37.6 Å². The number of benzene rings is 2. The predicted octanol–water partition coefficient (Wildman–Crippen LogP) is 1.08. The molecule has 3 rings (SSSR count). The van der Waals surface area contributed by atoms with E-state index in [0.717, 1.165) is 0 Å². The van der Waals surface area contributed by atoms with Gasteiger partial charge in [-0.25, -0.2) is 9.59 Å². The SMILES string of the molecule is CC(=O)OC[C@H]1O[C@@H](O)[C@H](OC(=O)c2ccccc2)[C@@H](O)[C@H]1OC(=O)c1ccccc1. The van der Waals surface area contributed by atoms with E-state index in [-0.39, 0.29) is 11.1 Å². The zero-order valence-electron chi connectivity index (χ0n) is 16.6. The maximum absolute atomic E-state index is 12.5. The average Bonchev–Trinajstić information content (AvgIpc) is 2.78. The van der Waals surface area contributed by atoms with Crippen LogP contribution >= 0.6 is 0 Å². The first-order valence-corrected chi connectivity index (χ1v) is 9.54. The summed E-state index contributed by atoms with van der Waals surface area (Å²) in [6.45, 7) is 0.778. The molecule has 0 spiro atoms. The number of aliphatic hydroxyl groups excluding tert-OH is 2. The van der Waals surface area contributed by atoms with Crippen LogP contribution in [0.25, 0.3) is 0 Å². The lowest BCUT2D eigenvalue weighted by atomic mass is 9.98. The summed E-state index contributed by atoms with van der Waals surface area (Å²) in [4.78, 5) is 36.1. The Morgan fingerprint density at radius 2 is 1.32 bits per heavy atom. The molecule has 1 saturated heterocycles. The number of esters is 3. The minimum atomic E-state index is -1.74. The first-order chi connectivity index (χ1) is 14.9. The predicted molar refractivity (Wildman–Crippen MR) is 105 cm³/mol. The molecule has 0 radical (unpaired) electrons. The summed E-state index contributed by atoms with van der Waals surface area (Å²) in [5, 5.41) is 21.1. The van der Waals surface area contributed by atoms with Crippen LogP contribution in [0.5, 0.6) is 0 Å². The number of hydrogen-bond acceptors (Lipinski definition) is 9. The average molecular weight is 430 g/mol. The Morgan fingerprint density at radius 3 is 1.81 bits per heavy atom. The van der Waals surface area contributed by atoms with Crippen molar-refractivity contribution in [3.8, 4) is 0 Å². The molecule has 1 aliphatic rings. The largest absolute Gasteiger partial charge is 0.463 e. The van der Waals surface area contributed by atoms with Gasteiger partial charge in [0.1, 0.15) is 18.8 Å². The summed E-state index contributed by atoms with van der Waals surface area (Å²) in [7, 11) is 0. The molecule has 2 N–H and O–H groups in total. The highest BCUT2D eigenvalue weighted by Crippen LogP contribution is 2.27. The van der Waals surface area contributed by atoms with Crippen LogP contribution < -0.4 is 0 Å². The third-order valence-electron chi connectivity index (χ3n) is 4.59. The van der Waals surface area contributed by atoms with Crippen LogP contribution in [0.15, 0.2) is 60.7 Å². The molecule has 1 aliphatic heterocycles. The van der Waals surface area contributed by atoms with Gasteiger partial charge in [0.25, 0.3) is 0 Å². The summed E-state index contributed by atoms with van der Waals surface area (Å²) >= 11 is 0.